The number of halogens is 2. The summed E-state index contributed by atoms with van der Waals surface area (Å²) in [6, 6.07) is 10.2. The lowest BCUT2D eigenvalue weighted by atomic mass is 10.1. The minimum atomic E-state index is -0.413. The van der Waals surface area contributed by atoms with Crippen molar-refractivity contribution >= 4 is 35.1 Å². The molecule has 0 radical (unpaired) electrons. The van der Waals surface area contributed by atoms with E-state index in [1.165, 1.54) is 12.3 Å². The van der Waals surface area contributed by atoms with Gasteiger partial charge in [0.25, 0.3) is 5.69 Å². The number of nitrogens with one attached hydrogen (secondary N) is 1. The Balaban J connectivity index is 2.04. The number of hydrogen-bond acceptors (Lipinski definition) is 4. The third-order valence-corrected chi connectivity index (χ3v) is 3.76. The van der Waals surface area contributed by atoms with Crippen molar-refractivity contribution in [2.75, 3.05) is 0 Å². The molecule has 0 fully saturated rings. The van der Waals surface area contributed by atoms with E-state index in [0.717, 1.165) is 5.56 Å². The van der Waals surface area contributed by atoms with E-state index in [1.807, 2.05) is 0 Å². The molecule has 2 aromatic carbocycles. The summed E-state index contributed by atoms with van der Waals surface area (Å²) in [4.78, 5) is 10.5. The molecule has 0 unspecified atom stereocenters. The van der Waals surface area contributed by atoms with Crippen LogP contribution in [0.2, 0.25) is 10.0 Å². The maximum absolute atomic E-state index is 10.9. The number of hydrogen-bond donors (Lipinski definition) is 1. The van der Waals surface area contributed by atoms with Crippen LogP contribution in [0.15, 0.2) is 41.5 Å². The second-order valence-electron chi connectivity index (χ2n) is 4.60. The Morgan fingerprint density at radius 2 is 1.95 bits per heavy atom. The van der Waals surface area contributed by atoms with Gasteiger partial charge in [-0.2, -0.15) is 5.10 Å². The molecular weight excluding hydrogens is 325 g/mol. The van der Waals surface area contributed by atoms with Crippen molar-refractivity contribution < 1.29 is 4.92 Å². The average molecular weight is 338 g/mol. The first-order valence-corrected chi connectivity index (χ1v) is 7.18. The summed E-state index contributed by atoms with van der Waals surface area (Å²) in [5.41, 5.74) is 4.89. The number of benzene rings is 2. The van der Waals surface area contributed by atoms with Gasteiger partial charge in [0.2, 0.25) is 0 Å². The summed E-state index contributed by atoms with van der Waals surface area (Å²) in [5.74, 6) is 0. The number of hydrazone groups is 1. The van der Waals surface area contributed by atoms with Gasteiger partial charge in [-0.05, 0) is 19.1 Å². The lowest BCUT2D eigenvalue weighted by Crippen LogP contribution is -2.06. The first kappa shape index (κ1) is 16.3. The van der Waals surface area contributed by atoms with Crippen molar-refractivity contribution in [1.82, 2.24) is 5.43 Å². The number of rotatable bonds is 5. The molecule has 2 aromatic rings. The van der Waals surface area contributed by atoms with Gasteiger partial charge in [0.1, 0.15) is 0 Å². The molecule has 114 valence electrons. The normalized spacial score (nSPS) is 10.9. The van der Waals surface area contributed by atoms with E-state index in [-0.39, 0.29) is 5.69 Å². The zero-order valence-electron chi connectivity index (χ0n) is 11.7. The molecular formula is C15H13Cl2N3O2. The highest BCUT2D eigenvalue weighted by atomic mass is 35.5. The lowest BCUT2D eigenvalue weighted by Gasteiger charge is -2.06. The second kappa shape index (κ2) is 7.24. The van der Waals surface area contributed by atoms with Gasteiger partial charge >= 0.3 is 0 Å². The van der Waals surface area contributed by atoms with Crippen molar-refractivity contribution in [2.24, 2.45) is 5.10 Å². The van der Waals surface area contributed by atoms with Crippen LogP contribution in [0.25, 0.3) is 0 Å². The number of nitrogens with zero attached hydrogens (tertiary/aromatic N) is 2. The summed E-state index contributed by atoms with van der Waals surface area (Å²) >= 11 is 12.1. The fourth-order valence-electron chi connectivity index (χ4n) is 1.85. The van der Waals surface area contributed by atoms with E-state index in [1.54, 1.807) is 37.3 Å². The van der Waals surface area contributed by atoms with Crippen LogP contribution in [0, 0.1) is 17.0 Å². The molecule has 0 amide bonds. The van der Waals surface area contributed by atoms with E-state index in [2.05, 4.69) is 10.5 Å². The quantitative estimate of drug-likeness (QED) is 0.501. The Morgan fingerprint density at radius 3 is 2.59 bits per heavy atom. The SMILES string of the molecule is Cc1ccc(/C=N\NCc2c(Cl)cccc2Cl)cc1[N+](=O)[O-]. The number of nitro groups is 1. The fraction of sp³-hybridized carbons (Fsp3) is 0.133. The van der Waals surface area contributed by atoms with Crippen molar-refractivity contribution in [3.8, 4) is 0 Å². The molecule has 0 saturated heterocycles. The van der Waals surface area contributed by atoms with Crippen molar-refractivity contribution in [1.29, 1.82) is 0 Å². The molecule has 0 saturated carbocycles. The second-order valence-corrected chi connectivity index (χ2v) is 5.41. The van der Waals surface area contributed by atoms with Crippen LogP contribution in [-0.2, 0) is 6.54 Å². The fourth-order valence-corrected chi connectivity index (χ4v) is 2.38. The Labute approximate surface area is 137 Å². The minimum absolute atomic E-state index is 0.0677. The molecule has 0 aliphatic carbocycles. The highest BCUT2D eigenvalue weighted by Crippen LogP contribution is 2.23. The minimum Gasteiger partial charge on any atom is -0.306 e. The topological polar surface area (TPSA) is 67.5 Å². The molecule has 0 aliphatic heterocycles. The summed E-state index contributed by atoms with van der Waals surface area (Å²) in [6.07, 6.45) is 1.51. The zero-order valence-corrected chi connectivity index (χ0v) is 13.2. The van der Waals surface area contributed by atoms with Gasteiger partial charge in [-0.15, -0.1) is 0 Å². The van der Waals surface area contributed by atoms with E-state index in [4.69, 9.17) is 23.2 Å². The van der Waals surface area contributed by atoms with Crippen LogP contribution in [0.4, 0.5) is 5.69 Å². The summed E-state index contributed by atoms with van der Waals surface area (Å²) in [5, 5.41) is 16.0. The monoisotopic (exact) mass is 337 g/mol. The Bertz CT molecular complexity index is 712. The van der Waals surface area contributed by atoms with E-state index >= 15 is 0 Å². The first-order valence-electron chi connectivity index (χ1n) is 6.43. The van der Waals surface area contributed by atoms with Crippen LogP contribution >= 0.6 is 23.2 Å². The van der Waals surface area contributed by atoms with E-state index < -0.39 is 4.92 Å². The van der Waals surface area contributed by atoms with Crippen molar-refractivity contribution in [3.63, 3.8) is 0 Å². The standard InChI is InChI=1S/C15H13Cl2N3O2/c1-10-5-6-11(7-15(10)20(21)22)8-18-19-9-12-13(16)3-2-4-14(12)17/h2-8,19H,9H2,1H3/b18-8-. The highest BCUT2D eigenvalue weighted by molar-refractivity contribution is 6.35. The molecule has 0 heterocycles. The van der Waals surface area contributed by atoms with Gasteiger partial charge < -0.3 is 5.43 Å². The van der Waals surface area contributed by atoms with Crippen LogP contribution in [-0.4, -0.2) is 11.1 Å². The number of aryl methyl sites for hydroxylation is 1. The zero-order chi connectivity index (χ0) is 16.1. The first-order chi connectivity index (χ1) is 10.5. The van der Waals surface area contributed by atoms with Crippen LogP contribution in [0.5, 0.6) is 0 Å². The maximum Gasteiger partial charge on any atom is 0.272 e. The molecule has 0 aliphatic rings. The van der Waals surface area contributed by atoms with E-state index in [9.17, 15) is 10.1 Å². The van der Waals surface area contributed by atoms with Gasteiger partial charge in [0, 0.05) is 32.8 Å². The largest absolute Gasteiger partial charge is 0.306 e. The molecule has 0 aromatic heterocycles. The van der Waals surface area contributed by atoms with Gasteiger partial charge in [-0.1, -0.05) is 41.4 Å². The van der Waals surface area contributed by atoms with Crippen LogP contribution < -0.4 is 5.43 Å². The van der Waals surface area contributed by atoms with Crippen molar-refractivity contribution in [3.05, 3.63) is 73.2 Å². The van der Waals surface area contributed by atoms with Gasteiger partial charge in [-0.25, -0.2) is 0 Å². The smallest absolute Gasteiger partial charge is 0.272 e. The lowest BCUT2D eigenvalue weighted by molar-refractivity contribution is -0.385. The molecule has 0 atom stereocenters. The molecule has 22 heavy (non-hydrogen) atoms. The average Bonchev–Trinajstić information content (AvgIpc) is 2.47. The van der Waals surface area contributed by atoms with E-state index in [0.29, 0.717) is 27.7 Å². The molecule has 7 heteroatoms. The molecule has 2 rings (SSSR count). The molecule has 0 bridgehead atoms. The summed E-state index contributed by atoms with van der Waals surface area (Å²) in [7, 11) is 0. The molecule has 1 N–H and O–H groups in total. The summed E-state index contributed by atoms with van der Waals surface area (Å²) < 4.78 is 0. The predicted octanol–water partition coefficient (Wildman–Crippen LogP) is 4.33. The maximum atomic E-state index is 10.9. The third-order valence-electron chi connectivity index (χ3n) is 3.05. The molecule has 5 nitrogen and oxygen atoms in total. The van der Waals surface area contributed by atoms with Gasteiger partial charge in [0.05, 0.1) is 17.7 Å². The van der Waals surface area contributed by atoms with Crippen LogP contribution in [0.1, 0.15) is 16.7 Å². The summed E-state index contributed by atoms with van der Waals surface area (Å²) in [6.45, 7) is 2.06. The number of nitro benzene ring substituents is 1. The Hall–Kier alpha value is -2.11. The Kier molecular flexibility index (Phi) is 5.35. The third kappa shape index (κ3) is 3.96. The molecule has 0 spiro atoms. The van der Waals surface area contributed by atoms with Crippen molar-refractivity contribution in [2.45, 2.75) is 13.5 Å². The highest BCUT2D eigenvalue weighted by Gasteiger charge is 2.10. The Morgan fingerprint density at radius 1 is 1.27 bits per heavy atom. The predicted molar refractivity (Wildman–Crippen MR) is 88.7 cm³/mol. The van der Waals surface area contributed by atoms with Gasteiger partial charge in [-0.3, -0.25) is 10.1 Å². The van der Waals surface area contributed by atoms with Gasteiger partial charge in [0.15, 0.2) is 0 Å². The van der Waals surface area contributed by atoms with Crippen LogP contribution in [0.3, 0.4) is 0 Å².